The third kappa shape index (κ3) is 3.24. The average Bonchev–Trinajstić information content (AvgIpc) is 2.28. The first-order valence-corrected chi connectivity index (χ1v) is 6.13. The zero-order chi connectivity index (χ0) is 11.3. The molecule has 3 heteroatoms. The Hall–Kier alpha value is -1.01. The first-order chi connectivity index (χ1) is 7.16. The summed E-state index contributed by atoms with van der Waals surface area (Å²) < 4.78 is 1.02. The first kappa shape index (κ1) is 12.1. The van der Waals surface area contributed by atoms with Crippen LogP contribution in [0.5, 0.6) is 0 Å². The second kappa shape index (κ2) is 5.77. The molecule has 0 unspecified atom stereocenters. The van der Waals surface area contributed by atoms with Gasteiger partial charge in [-0.2, -0.15) is 0 Å². The van der Waals surface area contributed by atoms with E-state index in [0.29, 0.717) is 0 Å². The fourth-order valence-electron chi connectivity index (χ4n) is 1.13. The van der Waals surface area contributed by atoms with E-state index in [4.69, 9.17) is 0 Å². The predicted octanol–water partition coefficient (Wildman–Crippen LogP) is 2.01. The van der Waals surface area contributed by atoms with Crippen LogP contribution in [0.2, 0.25) is 0 Å². The Morgan fingerprint density at radius 3 is 2.47 bits per heavy atom. The third-order valence-corrected chi connectivity index (χ3v) is 3.44. The van der Waals surface area contributed by atoms with Crippen LogP contribution in [-0.4, -0.2) is 21.9 Å². The van der Waals surface area contributed by atoms with E-state index in [1.54, 1.807) is 11.9 Å². The number of benzene rings is 1. The molecule has 15 heavy (non-hydrogen) atoms. The number of carbonyl (C=O) groups is 1. The second-order valence-electron chi connectivity index (χ2n) is 3.07. The number of allylic oxidation sites excluding steroid dienone is 1. The molecule has 0 saturated heterocycles. The zero-order valence-electron chi connectivity index (χ0n) is 8.81. The van der Waals surface area contributed by atoms with Gasteiger partial charge in [-0.05, 0) is 0 Å². The minimum absolute atomic E-state index is 0.0405. The van der Waals surface area contributed by atoms with Crippen molar-refractivity contribution in [3.8, 4) is 0 Å². The fourth-order valence-corrected chi connectivity index (χ4v) is 1.92. The number of nitrogens with zero attached hydrogens (tertiary/aromatic N) is 1. The van der Waals surface area contributed by atoms with Crippen molar-refractivity contribution in [2.24, 2.45) is 0 Å². The van der Waals surface area contributed by atoms with E-state index in [9.17, 15) is 4.79 Å². The van der Waals surface area contributed by atoms with Crippen LogP contribution in [0.3, 0.4) is 0 Å². The van der Waals surface area contributed by atoms with E-state index in [1.165, 1.54) is 19.4 Å². The van der Waals surface area contributed by atoms with Gasteiger partial charge in [-0.1, -0.05) is 0 Å². The fraction of sp³-hybridized carbons (Fsp3) is 0.167. The van der Waals surface area contributed by atoms with Crippen molar-refractivity contribution >= 4 is 9.93 Å². The zero-order valence-corrected chi connectivity index (χ0v) is 11.7. The quantitative estimate of drug-likeness (QED) is 0.797. The van der Waals surface area contributed by atoms with Crippen LogP contribution in [0.25, 0.3) is 0 Å². The molecule has 0 fully saturated rings. The Balaban J connectivity index is 2.82. The number of amides is 1. The summed E-state index contributed by atoms with van der Waals surface area (Å²) in [5.41, 5.74) is 0.725. The van der Waals surface area contributed by atoms with Gasteiger partial charge in [-0.3, -0.25) is 0 Å². The van der Waals surface area contributed by atoms with E-state index in [2.05, 4.69) is 0 Å². The van der Waals surface area contributed by atoms with Crippen LogP contribution >= 0.6 is 0 Å². The molecule has 1 aromatic rings. The number of hydrogen-bond donors (Lipinski definition) is 0. The molecule has 0 N–H and O–H groups in total. The molecule has 2 nitrogen and oxygen atoms in total. The van der Waals surface area contributed by atoms with E-state index >= 15 is 0 Å². The summed E-state index contributed by atoms with van der Waals surface area (Å²) in [5.74, 6) is 0.0405. The van der Waals surface area contributed by atoms with Crippen molar-refractivity contribution in [2.45, 2.75) is 6.92 Å². The Bertz CT molecular complexity index is 384. The summed E-state index contributed by atoms with van der Waals surface area (Å²) in [6, 6.07) is 9.32. The van der Waals surface area contributed by atoms with Gasteiger partial charge < -0.3 is 0 Å². The molecule has 78 valence electrons. The van der Waals surface area contributed by atoms with E-state index in [1.807, 2.05) is 49.4 Å². The van der Waals surface area contributed by atoms with Gasteiger partial charge in [0.2, 0.25) is 0 Å². The summed E-state index contributed by atoms with van der Waals surface area (Å²) >= 11 is 1.29. The maximum atomic E-state index is 11.9. The van der Waals surface area contributed by atoms with Crippen LogP contribution in [0.1, 0.15) is 17.3 Å². The molecular formula is C12H13NOW. The van der Waals surface area contributed by atoms with Gasteiger partial charge in [0.05, 0.1) is 0 Å². The summed E-state index contributed by atoms with van der Waals surface area (Å²) in [5, 5.41) is 0. The van der Waals surface area contributed by atoms with Gasteiger partial charge in [0.1, 0.15) is 0 Å². The van der Waals surface area contributed by atoms with Crippen LogP contribution in [-0.2, 0) is 19.4 Å². The topological polar surface area (TPSA) is 20.3 Å². The SMILES string of the molecule is C/C=C/[C](=[W])N(C)C(=O)c1ccccc1. The summed E-state index contributed by atoms with van der Waals surface area (Å²) in [4.78, 5) is 13.6. The summed E-state index contributed by atoms with van der Waals surface area (Å²) in [6.45, 7) is 1.95. The maximum absolute atomic E-state index is 11.9. The number of likely N-dealkylation sites (N-methyl/N-ethyl adjacent to an activating group) is 1. The van der Waals surface area contributed by atoms with Crippen LogP contribution in [0, 0.1) is 0 Å². The number of hydrogen-bond acceptors (Lipinski definition) is 1. The molecular weight excluding hydrogens is 358 g/mol. The van der Waals surface area contributed by atoms with Gasteiger partial charge in [-0.15, -0.1) is 0 Å². The van der Waals surface area contributed by atoms with Crippen molar-refractivity contribution in [3.63, 3.8) is 0 Å². The third-order valence-electron chi connectivity index (χ3n) is 1.97. The molecule has 0 bridgehead atoms. The summed E-state index contributed by atoms with van der Waals surface area (Å²) in [7, 11) is 1.80. The molecule has 1 amide bonds. The van der Waals surface area contributed by atoms with Crippen LogP contribution in [0.4, 0.5) is 0 Å². The van der Waals surface area contributed by atoms with Gasteiger partial charge >= 0.3 is 101 Å². The molecule has 1 aromatic carbocycles. The van der Waals surface area contributed by atoms with Crippen molar-refractivity contribution in [2.75, 3.05) is 7.05 Å². The van der Waals surface area contributed by atoms with Crippen LogP contribution in [0.15, 0.2) is 42.5 Å². The van der Waals surface area contributed by atoms with Crippen molar-refractivity contribution < 1.29 is 24.1 Å². The van der Waals surface area contributed by atoms with Crippen molar-refractivity contribution in [1.29, 1.82) is 0 Å². The summed E-state index contributed by atoms with van der Waals surface area (Å²) in [6.07, 6.45) is 3.90. The Morgan fingerprint density at radius 2 is 1.93 bits per heavy atom. The average molecular weight is 371 g/mol. The molecule has 0 heterocycles. The van der Waals surface area contributed by atoms with Gasteiger partial charge in [-0.25, -0.2) is 0 Å². The van der Waals surface area contributed by atoms with E-state index < -0.39 is 0 Å². The molecule has 0 saturated carbocycles. The number of carbonyl (C=O) groups excluding carboxylic acids is 1. The molecule has 0 aliphatic carbocycles. The predicted molar refractivity (Wildman–Crippen MR) is 58.4 cm³/mol. The second-order valence-corrected chi connectivity index (χ2v) is 4.57. The van der Waals surface area contributed by atoms with Gasteiger partial charge in [0.15, 0.2) is 0 Å². The molecule has 1 rings (SSSR count). The first-order valence-electron chi connectivity index (χ1n) is 4.66. The molecule has 0 aromatic heterocycles. The van der Waals surface area contributed by atoms with Crippen molar-refractivity contribution in [3.05, 3.63) is 48.0 Å². The molecule has 0 spiro atoms. The molecule has 0 radical (unpaired) electrons. The molecule has 0 aliphatic rings. The Kier molecular flexibility index (Phi) is 4.64. The van der Waals surface area contributed by atoms with Gasteiger partial charge in [0, 0.05) is 0 Å². The normalized spacial score (nSPS) is 10.3. The Labute approximate surface area is 101 Å². The molecule has 0 atom stereocenters. The van der Waals surface area contributed by atoms with Crippen molar-refractivity contribution in [1.82, 2.24) is 4.90 Å². The standard InChI is InChI=1S/C12H13NO.W/c1-3-4-10-13(2)12(14)11-8-6-5-7-9-11;/h3-9H,1-2H3;/b4-3+;. The van der Waals surface area contributed by atoms with Gasteiger partial charge in [0.25, 0.3) is 0 Å². The molecule has 0 aliphatic heterocycles. The monoisotopic (exact) mass is 371 g/mol. The van der Waals surface area contributed by atoms with E-state index in [0.717, 1.165) is 9.59 Å². The Morgan fingerprint density at radius 1 is 1.33 bits per heavy atom. The van der Waals surface area contributed by atoms with Crippen LogP contribution < -0.4 is 0 Å². The van der Waals surface area contributed by atoms with E-state index in [-0.39, 0.29) is 5.91 Å². The minimum atomic E-state index is 0.0405. The number of rotatable bonds is 3.